The van der Waals surface area contributed by atoms with Crippen LogP contribution in [0.1, 0.15) is 30.3 Å². The van der Waals surface area contributed by atoms with Crippen molar-refractivity contribution < 1.29 is 13.2 Å². The van der Waals surface area contributed by atoms with Crippen molar-refractivity contribution in [2.75, 3.05) is 31.1 Å². The average Bonchev–Trinajstić information content (AvgIpc) is 3.01. The molecule has 0 bridgehead atoms. The Balaban J connectivity index is 1.70. The van der Waals surface area contributed by atoms with Gasteiger partial charge in [-0.25, -0.2) is 8.42 Å². The summed E-state index contributed by atoms with van der Waals surface area (Å²) >= 11 is 0. The van der Waals surface area contributed by atoms with Crippen LogP contribution >= 0.6 is 0 Å². The number of carbonyl (C=O) groups is 1. The van der Waals surface area contributed by atoms with Gasteiger partial charge in [-0.3, -0.25) is 14.4 Å². The van der Waals surface area contributed by atoms with Crippen molar-refractivity contribution in [3.8, 4) is 0 Å². The van der Waals surface area contributed by atoms with E-state index in [0.717, 1.165) is 30.0 Å². The molecule has 0 N–H and O–H groups in total. The number of amides is 1. The Kier molecular flexibility index (Phi) is 4.94. The van der Waals surface area contributed by atoms with Gasteiger partial charge < -0.3 is 4.90 Å². The minimum Gasteiger partial charge on any atom is -0.336 e. The van der Waals surface area contributed by atoms with Gasteiger partial charge in [0.15, 0.2) is 9.84 Å². The number of hydrogen-bond acceptors (Lipinski definition) is 5. The topological polar surface area (TPSA) is 75.5 Å². The molecule has 140 valence electrons. The maximum Gasteiger partial charge on any atom is 0.224 e. The largest absolute Gasteiger partial charge is 0.336 e. The monoisotopic (exact) mass is 368 g/mol. The van der Waals surface area contributed by atoms with Gasteiger partial charge in [-0.1, -0.05) is 6.92 Å². The third-order valence-electron chi connectivity index (χ3n) is 5.80. The van der Waals surface area contributed by atoms with Crippen LogP contribution in [0.15, 0.2) is 0 Å². The number of piperazine rings is 1. The quantitative estimate of drug-likeness (QED) is 0.775. The molecule has 3 heterocycles. The van der Waals surface area contributed by atoms with Crippen LogP contribution in [0.25, 0.3) is 0 Å². The second-order valence-electron chi connectivity index (χ2n) is 7.20. The molecular formula is C17H28N4O3S. The number of fused-ring (bicyclic) bond motifs is 1. The highest BCUT2D eigenvalue weighted by molar-refractivity contribution is 7.91. The van der Waals surface area contributed by atoms with Gasteiger partial charge in [0.2, 0.25) is 5.91 Å². The van der Waals surface area contributed by atoms with E-state index in [9.17, 15) is 13.2 Å². The Bertz CT molecular complexity index is 771. The van der Waals surface area contributed by atoms with Gasteiger partial charge in [0, 0.05) is 37.8 Å². The first-order valence-electron chi connectivity index (χ1n) is 8.98. The number of sulfone groups is 1. The maximum atomic E-state index is 12.8. The molecule has 0 aliphatic carbocycles. The molecular weight excluding hydrogens is 340 g/mol. The fourth-order valence-corrected chi connectivity index (χ4v) is 6.09. The van der Waals surface area contributed by atoms with E-state index in [0.29, 0.717) is 19.5 Å². The molecule has 0 radical (unpaired) electrons. The molecule has 0 saturated carbocycles. The number of likely N-dealkylation sites (N-methyl/N-ethyl adjacent to an activating group) is 1. The van der Waals surface area contributed by atoms with Gasteiger partial charge in [-0.2, -0.15) is 5.10 Å². The molecule has 3 rings (SSSR count). The first-order valence-corrected chi connectivity index (χ1v) is 10.8. The van der Waals surface area contributed by atoms with Crippen LogP contribution in [0.5, 0.6) is 0 Å². The molecule has 2 saturated heterocycles. The fourth-order valence-electron chi connectivity index (χ4n) is 4.08. The lowest BCUT2D eigenvalue weighted by molar-refractivity contribution is -0.137. The van der Waals surface area contributed by atoms with Gasteiger partial charge in [0.25, 0.3) is 0 Å². The van der Waals surface area contributed by atoms with Crippen LogP contribution in [0.3, 0.4) is 0 Å². The first-order chi connectivity index (χ1) is 11.7. The van der Waals surface area contributed by atoms with E-state index >= 15 is 0 Å². The molecule has 0 spiro atoms. The Morgan fingerprint density at radius 3 is 2.44 bits per heavy atom. The van der Waals surface area contributed by atoms with Gasteiger partial charge in [-0.15, -0.1) is 0 Å². The molecule has 1 aromatic heterocycles. The second kappa shape index (κ2) is 6.72. The third kappa shape index (κ3) is 3.46. The van der Waals surface area contributed by atoms with Crippen LogP contribution in [0, 0.1) is 20.8 Å². The molecule has 7 nitrogen and oxygen atoms in total. The van der Waals surface area contributed by atoms with Gasteiger partial charge in [0.05, 0.1) is 23.2 Å². The summed E-state index contributed by atoms with van der Waals surface area (Å²) in [6.45, 7) is 10.8. The maximum absolute atomic E-state index is 12.8. The van der Waals surface area contributed by atoms with E-state index in [4.69, 9.17) is 0 Å². The number of nitrogens with zero attached hydrogens (tertiary/aromatic N) is 4. The highest BCUT2D eigenvalue weighted by atomic mass is 32.2. The van der Waals surface area contributed by atoms with Crippen molar-refractivity contribution >= 4 is 15.7 Å². The normalized spacial score (nSPS) is 26.0. The summed E-state index contributed by atoms with van der Waals surface area (Å²) in [7, 11) is -3.07. The number of aryl methyl sites for hydroxylation is 2. The van der Waals surface area contributed by atoms with Crippen molar-refractivity contribution in [1.82, 2.24) is 19.6 Å². The summed E-state index contributed by atoms with van der Waals surface area (Å²) < 4.78 is 26.1. The average molecular weight is 369 g/mol. The molecule has 0 aromatic carbocycles. The van der Waals surface area contributed by atoms with Crippen molar-refractivity contribution in [2.24, 2.45) is 0 Å². The Labute approximate surface area is 149 Å². The van der Waals surface area contributed by atoms with Crippen molar-refractivity contribution in [2.45, 2.75) is 52.7 Å². The summed E-state index contributed by atoms with van der Waals surface area (Å²) in [5, 5.41) is 4.48. The van der Waals surface area contributed by atoms with E-state index in [-0.39, 0.29) is 29.5 Å². The van der Waals surface area contributed by atoms with Gasteiger partial charge >= 0.3 is 0 Å². The lowest BCUT2D eigenvalue weighted by Crippen LogP contribution is -2.60. The lowest BCUT2D eigenvalue weighted by atomic mass is 10.0. The van der Waals surface area contributed by atoms with Crippen molar-refractivity contribution in [3.63, 3.8) is 0 Å². The Morgan fingerprint density at radius 2 is 1.84 bits per heavy atom. The highest BCUT2D eigenvalue weighted by Gasteiger charge is 2.47. The van der Waals surface area contributed by atoms with Crippen LogP contribution in [-0.4, -0.2) is 77.1 Å². The van der Waals surface area contributed by atoms with Gasteiger partial charge in [0.1, 0.15) is 0 Å². The molecule has 8 heteroatoms. The Hall–Kier alpha value is -1.41. The lowest BCUT2D eigenvalue weighted by Gasteiger charge is -2.43. The van der Waals surface area contributed by atoms with Crippen LogP contribution < -0.4 is 0 Å². The minimum atomic E-state index is -3.07. The molecule has 2 fully saturated rings. The van der Waals surface area contributed by atoms with Crippen LogP contribution in [0.2, 0.25) is 0 Å². The summed E-state index contributed by atoms with van der Waals surface area (Å²) in [4.78, 5) is 16.8. The van der Waals surface area contributed by atoms with Crippen LogP contribution in [0.4, 0.5) is 0 Å². The number of rotatable bonds is 4. The second-order valence-corrected chi connectivity index (χ2v) is 9.35. The number of aromatic nitrogens is 2. The van der Waals surface area contributed by atoms with E-state index in [2.05, 4.69) is 10.00 Å². The van der Waals surface area contributed by atoms with Crippen LogP contribution in [-0.2, 0) is 21.2 Å². The predicted octanol–water partition coefficient (Wildman–Crippen LogP) is 0.528. The van der Waals surface area contributed by atoms with E-state index < -0.39 is 9.84 Å². The molecule has 2 atom stereocenters. The molecule has 25 heavy (non-hydrogen) atoms. The predicted molar refractivity (Wildman–Crippen MR) is 96.2 cm³/mol. The molecule has 1 aromatic rings. The van der Waals surface area contributed by atoms with E-state index in [1.807, 2.05) is 32.4 Å². The van der Waals surface area contributed by atoms with E-state index in [1.54, 1.807) is 4.90 Å². The zero-order valence-corrected chi connectivity index (χ0v) is 16.3. The molecule has 0 unspecified atom stereocenters. The highest BCUT2D eigenvalue weighted by Crippen LogP contribution is 2.27. The molecule has 2 aliphatic rings. The Morgan fingerprint density at radius 1 is 1.16 bits per heavy atom. The first kappa shape index (κ1) is 18.4. The summed E-state index contributed by atoms with van der Waals surface area (Å²) in [5.74, 6) is 0.304. The summed E-state index contributed by atoms with van der Waals surface area (Å²) in [6, 6.07) is -0.253. The standard InChI is InChI=1S/C17H28N4O3S/c1-5-19-8-9-20(16-11-25(23,24)10-15(16)19)17(22)6-7-21-14(4)12(2)13(3)18-21/h15-16H,5-11H2,1-4H3/t15-,16+/m0/s1. The van der Waals surface area contributed by atoms with Crippen molar-refractivity contribution in [3.05, 3.63) is 17.0 Å². The summed E-state index contributed by atoms with van der Waals surface area (Å²) in [5.41, 5.74) is 3.23. The van der Waals surface area contributed by atoms with Gasteiger partial charge in [-0.05, 0) is 32.9 Å². The smallest absolute Gasteiger partial charge is 0.224 e. The number of carbonyl (C=O) groups excluding carboxylic acids is 1. The number of hydrogen-bond donors (Lipinski definition) is 0. The molecule has 2 aliphatic heterocycles. The minimum absolute atomic E-state index is 0.0352. The zero-order valence-electron chi connectivity index (χ0n) is 15.5. The summed E-state index contributed by atoms with van der Waals surface area (Å²) in [6.07, 6.45) is 0.358. The molecule has 1 amide bonds. The zero-order chi connectivity index (χ0) is 18.4. The third-order valence-corrected chi connectivity index (χ3v) is 7.50. The SMILES string of the molecule is CCN1CCN(C(=O)CCn2nc(C)c(C)c2C)[C@@H]2CS(=O)(=O)C[C@@H]21. The fraction of sp³-hybridized carbons (Fsp3) is 0.765. The van der Waals surface area contributed by atoms with Crippen molar-refractivity contribution in [1.29, 1.82) is 0 Å². The van der Waals surface area contributed by atoms with E-state index in [1.165, 1.54) is 0 Å².